The maximum Gasteiger partial charge on any atom is 0.337 e. The summed E-state index contributed by atoms with van der Waals surface area (Å²) in [7, 11) is 1.34. The standard InChI is InChI=1S/C20H20N2O4/c1-12-5-4-6-14(9-12)22-19(24)21-16-11-20(22,2)26-17-8-7-13(10-15(16)17)18(23)25-3/h4-10,16H,11H2,1-3H3,(H,21,24)/t16-,20-/m0/s1. The van der Waals surface area contributed by atoms with E-state index in [9.17, 15) is 9.59 Å². The number of fused-ring (bicyclic) bond motifs is 4. The third-order valence-corrected chi connectivity index (χ3v) is 4.95. The van der Waals surface area contributed by atoms with E-state index in [1.54, 1.807) is 23.1 Å². The Hall–Kier alpha value is -3.02. The van der Waals surface area contributed by atoms with Crippen molar-refractivity contribution in [2.75, 3.05) is 12.0 Å². The van der Waals surface area contributed by atoms with Gasteiger partial charge in [-0.15, -0.1) is 0 Å². The van der Waals surface area contributed by atoms with E-state index >= 15 is 0 Å². The number of esters is 1. The molecule has 6 heteroatoms. The van der Waals surface area contributed by atoms with Crippen LogP contribution in [0.3, 0.4) is 0 Å². The van der Waals surface area contributed by atoms with Gasteiger partial charge in [-0.1, -0.05) is 12.1 Å². The van der Waals surface area contributed by atoms with Gasteiger partial charge < -0.3 is 14.8 Å². The first kappa shape index (κ1) is 16.4. The predicted octanol–water partition coefficient (Wildman–Crippen LogP) is 3.55. The number of hydrogen-bond acceptors (Lipinski definition) is 4. The molecule has 2 atom stereocenters. The molecule has 0 spiro atoms. The third-order valence-electron chi connectivity index (χ3n) is 4.95. The highest BCUT2D eigenvalue weighted by Crippen LogP contribution is 2.45. The highest BCUT2D eigenvalue weighted by atomic mass is 16.5. The molecule has 0 unspecified atom stereocenters. The summed E-state index contributed by atoms with van der Waals surface area (Å²) in [5.74, 6) is 0.249. The van der Waals surface area contributed by atoms with E-state index in [1.165, 1.54) is 7.11 Å². The molecule has 26 heavy (non-hydrogen) atoms. The molecule has 2 aliphatic heterocycles. The normalized spacial score (nSPS) is 23.6. The number of amides is 2. The molecule has 2 aliphatic rings. The zero-order chi connectivity index (χ0) is 18.5. The molecule has 0 radical (unpaired) electrons. The van der Waals surface area contributed by atoms with Gasteiger partial charge in [0.25, 0.3) is 0 Å². The number of rotatable bonds is 2. The second-order valence-electron chi connectivity index (χ2n) is 6.90. The summed E-state index contributed by atoms with van der Waals surface area (Å²) in [5, 5.41) is 3.04. The van der Waals surface area contributed by atoms with Crippen LogP contribution in [-0.4, -0.2) is 24.8 Å². The molecule has 0 aromatic heterocycles. The van der Waals surface area contributed by atoms with Gasteiger partial charge in [-0.25, -0.2) is 9.59 Å². The van der Waals surface area contributed by atoms with E-state index in [1.807, 2.05) is 38.1 Å². The molecule has 1 N–H and O–H groups in total. The minimum atomic E-state index is -0.805. The first-order valence-corrected chi connectivity index (χ1v) is 8.50. The van der Waals surface area contributed by atoms with Crippen LogP contribution in [-0.2, 0) is 4.74 Å². The lowest BCUT2D eigenvalue weighted by Crippen LogP contribution is -2.65. The third kappa shape index (κ3) is 2.49. The van der Waals surface area contributed by atoms with Crippen molar-refractivity contribution < 1.29 is 19.1 Å². The molecule has 0 saturated carbocycles. The molecule has 2 aromatic rings. The van der Waals surface area contributed by atoms with Crippen LogP contribution in [0.5, 0.6) is 5.75 Å². The molecule has 4 rings (SSSR count). The predicted molar refractivity (Wildman–Crippen MR) is 96.4 cm³/mol. The smallest absolute Gasteiger partial charge is 0.337 e. The zero-order valence-electron chi connectivity index (χ0n) is 14.9. The number of ether oxygens (including phenoxy) is 2. The summed E-state index contributed by atoms with van der Waals surface area (Å²) in [6.45, 7) is 3.90. The molecule has 2 bridgehead atoms. The number of benzene rings is 2. The van der Waals surface area contributed by atoms with Crippen LogP contribution in [0, 0.1) is 6.92 Å². The number of carbonyl (C=O) groups is 2. The quantitative estimate of drug-likeness (QED) is 0.840. The summed E-state index contributed by atoms with van der Waals surface area (Å²) < 4.78 is 11.0. The Morgan fingerprint density at radius 3 is 2.85 bits per heavy atom. The number of urea groups is 1. The number of nitrogens with one attached hydrogen (secondary N) is 1. The maximum atomic E-state index is 12.9. The second-order valence-corrected chi connectivity index (χ2v) is 6.90. The first-order valence-electron chi connectivity index (χ1n) is 8.50. The Kier molecular flexibility index (Phi) is 3.64. The van der Waals surface area contributed by atoms with Crippen molar-refractivity contribution in [1.82, 2.24) is 5.32 Å². The van der Waals surface area contributed by atoms with Gasteiger partial charge in [0.2, 0.25) is 0 Å². The zero-order valence-corrected chi connectivity index (χ0v) is 14.9. The number of nitrogens with zero attached hydrogens (tertiary/aromatic N) is 1. The molecule has 134 valence electrons. The van der Waals surface area contributed by atoms with Gasteiger partial charge in [0, 0.05) is 17.7 Å². The summed E-state index contributed by atoms with van der Waals surface area (Å²) in [6, 6.07) is 12.5. The number of methoxy groups -OCH3 is 1. The van der Waals surface area contributed by atoms with Gasteiger partial charge >= 0.3 is 12.0 Å². The molecule has 2 aromatic carbocycles. The fraction of sp³-hybridized carbons (Fsp3) is 0.300. The lowest BCUT2D eigenvalue weighted by Gasteiger charge is -2.50. The lowest BCUT2D eigenvalue weighted by molar-refractivity contribution is 0.0377. The van der Waals surface area contributed by atoms with Gasteiger partial charge in [0.05, 0.1) is 18.7 Å². The van der Waals surface area contributed by atoms with Crippen LogP contribution in [0.15, 0.2) is 42.5 Å². The molecule has 1 saturated heterocycles. The summed E-state index contributed by atoms with van der Waals surface area (Å²) in [5.41, 5.74) is 2.29. The highest BCUT2D eigenvalue weighted by molar-refractivity contribution is 5.95. The number of carbonyl (C=O) groups excluding carboxylic acids is 2. The molecular formula is C20H20N2O4. The average molecular weight is 352 g/mol. The van der Waals surface area contributed by atoms with Crippen molar-refractivity contribution in [2.24, 2.45) is 0 Å². The van der Waals surface area contributed by atoms with Crippen LogP contribution >= 0.6 is 0 Å². The number of anilines is 1. The van der Waals surface area contributed by atoms with E-state index in [4.69, 9.17) is 9.47 Å². The Bertz CT molecular complexity index is 910. The second kappa shape index (κ2) is 5.76. The topological polar surface area (TPSA) is 67.9 Å². The fourth-order valence-electron chi connectivity index (χ4n) is 3.78. The van der Waals surface area contributed by atoms with Gasteiger partial charge in [-0.3, -0.25) is 4.90 Å². The van der Waals surface area contributed by atoms with Crippen LogP contribution in [0.1, 0.15) is 40.9 Å². The van der Waals surface area contributed by atoms with Gasteiger partial charge in [-0.05, 0) is 49.7 Å². The number of aryl methyl sites for hydroxylation is 1. The van der Waals surface area contributed by atoms with E-state index in [0.717, 1.165) is 16.8 Å². The SMILES string of the molecule is COC(=O)c1ccc2c(c1)[C@@H]1C[C@](C)(O2)N(c2cccc(C)c2)C(=O)N1. The fourth-order valence-corrected chi connectivity index (χ4v) is 3.78. The molecule has 6 nitrogen and oxygen atoms in total. The average Bonchev–Trinajstić information content (AvgIpc) is 2.60. The highest BCUT2D eigenvalue weighted by Gasteiger charge is 2.50. The van der Waals surface area contributed by atoms with Crippen LogP contribution in [0.4, 0.5) is 10.5 Å². The Morgan fingerprint density at radius 1 is 1.31 bits per heavy atom. The molecular weight excluding hydrogens is 332 g/mol. The van der Waals surface area contributed by atoms with E-state index in [2.05, 4.69) is 5.32 Å². The first-order chi connectivity index (χ1) is 12.4. The van der Waals surface area contributed by atoms with Crippen molar-refractivity contribution in [2.45, 2.75) is 32.0 Å². The van der Waals surface area contributed by atoms with Crippen molar-refractivity contribution in [3.63, 3.8) is 0 Å². The largest absolute Gasteiger partial charge is 0.467 e. The molecule has 2 heterocycles. The monoisotopic (exact) mass is 352 g/mol. The molecule has 1 fully saturated rings. The van der Waals surface area contributed by atoms with Gasteiger partial charge in [0.1, 0.15) is 5.75 Å². The lowest BCUT2D eigenvalue weighted by atomic mass is 9.89. The minimum Gasteiger partial charge on any atom is -0.467 e. The van der Waals surface area contributed by atoms with Gasteiger partial charge in [-0.2, -0.15) is 0 Å². The van der Waals surface area contributed by atoms with Crippen molar-refractivity contribution >= 4 is 17.7 Å². The van der Waals surface area contributed by atoms with Crippen LogP contribution in [0.25, 0.3) is 0 Å². The van der Waals surface area contributed by atoms with Crippen molar-refractivity contribution in [3.8, 4) is 5.75 Å². The molecule has 2 amide bonds. The number of hydrogen-bond donors (Lipinski definition) is 1. The Morgan fingerprint density at radius 2 is 2.12 bits per heavy atom. The summed E-state index contributed by atoms with van der Waals surface area (Å²) >= 11 is 0. The van der Waals surface area contributed by atoms with Crippen molar-refractivity contribution in [3.05, 3.63) is 59.2 Å². The summed E-state index contributed by atoms with van der Waals surface area (Å²) in [6.07, 6.45) is 0.574. The summed E-state index contributed by atoms with van der Waals surface area (Å²) in [4.78, 5) is 26.3. The van der Waals surface area contributed by atoms with Gasteiger partial charge in [0.15, 0.2) is 5.72 Å². The van der Waals surface area contributed by atoms with E-state index in [-0.39, 0.29) is 12.1 Å². The Labute approximate surface area is 151 Å². The van der Waals surface area contributed by atoms with E-state index in [0.29, 0.717) is 17.7 Å². The van der Waals surface area contributed by atoms with Crippen LogP contribution < -0.4 is 15.0 Å². The molecule has 0 aliphatic carbocycles. The van der Waals surface area contributed by atoms with E-state index < -0.39 is 11.7 Å². The Balaban J connectivity index is 1.76. The maximum absolute atomic E-state index is 12.9. The van der Waals surface area contributed by atoms with Crippen LogP contribution in [0.2, 0.25) is 0 Å². The van der Waals surface area contributed by atoms with Crippen molar-refractivity contribution in [1.29, 1.82) is 0 Å². The minimum absolute atomic E-state index is 0.219.